The first-order valence-corrected chi connectivity index (χ1v) is 11.6. The van der Waals surface area contributed by atoms with Gasteiger partial charge in [0, 0.05) is 21.7 Å². The zero-order valence-corrected chi connectivity index (χ0v) is 18.5. The Morgan fingerprint density at radius 3 is 2.27 bits per heavy atom. The second kappa shape index (κ2) is 9.04. The van der Waals surface area contributed by atoms with E-state index in [0.29, 0.717) is 17.0 Å². The molecule has 0 unspecified atom stereocenters. The van der Waals surface area contributed by atoms with Crippen molar-refractivity contribution in [3.05, 3.63) is 119 Å². The van der Waals surface area contributed by atoms with Crippen LogP contribution in [0.25, 0.3) is 11.1 Å². The van der Waals surface area contributed by atoms with E-state index in [-0.39, 0.29) is 17.5 Å². The van der Waals surface area contributed by atoms with Gasteiger partial charge < -0.3 is 5.32 Å². The minimum atomic E-state index is -0.382. The van der Waals surface area contributed by atoms with Crippen molar-refractivity contribution in [1.82, 2.24) is 0 Å². The Kier molecular flexibility index (Phi) is 5.80. The third kappa shape index (κ3) is 4.59. The van der Waals surface area contributed by atoms with Gasteiger partial charge in [-0.15, -0.1) is 11.8 Å². The Labute approximate surface area is 195 Å². The van der Waals surface area contributed by atoms with Gasteiger partial charge >= 0.3 is 0 Å². The number of benzene rings is 4. The van der Waals surface area contributed by atoms with Gasteiger partial charge in [0.05, 0.1) is 5.75 Å². The second-order valence-electron chi connectivity index (χ2n) is 7.90. The van der Waals surface area contributed by atoms with Gasteiger partial charge in [0.1, 0.15) is 5.82 Å². The Morgan fingerprint density at radius 2 is 1.48 bits per heavy atom. The molecule has 1 N–H and O–H groups in total. The molecule has 3 nitrogen and oxygen atoms in total. The number of amides is 1. The highest BCUT2D eigenvalue weighted by molar-refractivity contribution is 8.00. The largest absolute Gasteiger partial charge is 0.322 e. The van der Waals surface area contributed by atoms with Gasteiger partial charge in [0.25, 0.3) is 5.91 Å². The van der Waals surface area contributed by atoms with Gasteiger partial charge in [0.2, 0.25) is 0 Å². The molecule has 5 heteroatoms. The lowest BCUT2D eigenvalue weighted by Crippen LogP contribution is -2.11. The van der Waals surface area contributed by atoms with Crippen LogP contribution in [-0.2, 0) is 6.42 Å². The fourth-order valence-electron chi connectivity index (χ4n) is 3.99. The quantitative estimate of drug-likeness (QED) is 0.232. The number of fused-ring (bicyclic) bond motifs is 3. The molecule has 0 atom stereocenters. The highest BCUT2D eigenvalue weighted by atomic mass is 32.2. The number of carbonyl (C=O) groups is 2. The number of hydrogen-bond acceptors (Lipinski definition) is 3. The van der Waals surface area contributed by atoms with E-state index >= 15 is 0 Å². The molecular formula is C28H20FNO2S. The van der Waals surface area contributed by atoms with Gasteiger partial charge in [-0.05, 0) is 83.3 Å². The maximum atomic E-state index is 13.0. The van der Waals surface area contributed by atoms with Crippen molar-refractivity contribution < 1.29 is 14.0 Å². The van der Waals surface area contributed by atoms with Crippen molar-refractivity contribution in [2.75, 3.05) is 11.1 Å². The lowest BCUT2D eigenvalue weighted by molar-refractivity contribution is 0.101. The van der Waals surface area contributed by atoms with Crippen LogP contribution in [0.1, 0.15) is 31.8 Å². The highest BCUT2D eigenvalue weighted by Crippen LogP contribution is 2.37. The first kappa shape index (κ1) is 21.2. The predicted octanol–water partition coefficient (Wildman–Crippen LogP) is 6.62. The number of ketones is 1. The first-order chi connectivity index (χ1) is 16.1. The minimum Gasteiger partial charge on any atom is -0.322 e. The molecule has 0 spiro atoms. The van der Waals surface area contributed by atoms with Crippen LogP contribution in [0.4, 0.5) is 10.1 Å². The third-order valence-corrected chi connectivity index (χ3v) is 6.72. The molecule has 4 aromatic rings. The topological polar surface area (TPSA) is 46.2 Å². The molecule has 5 rings (SSSR count). The summed E-state index contributed by atoms with van der Waals surface area (Å²) in [7, 11) is 0. The number of thioether (sulfide) groups is 1. The number of rotatable bonds is 6. The summed E-state index contributed by atoms with van der Waals surface area (Å²) in [6.07, 6.45) is 0.866. The fourth-order valence-corrected chi connectivity index (χ4v) is 4.78. The Hall–Kier alpha value is -3.70. The average Bonchev–Trinajstić information content (AvgIpc) is 3.21. The van der Waals surface area contributed by atoms with Crippen LogP contribution in [0.5, 0.6) is 0 Å². The summed E-state index contributed by atoms with van der Waals surface area (Å²) in [6, 6.07) is 27.1. The summed E-state index contributed by atoms with van der Waals surface area (Å²) < 4.78 is 13.0. The zero-order valence-electron chi connectivity index (χ0n) is 17.7. The number of Topliss-reactive ketones (excluding diaryl/α,β-unsaturated/α-hetero) is 1. The average molecular weight is 454 g/mol. The van der Waals surface area contributed by atoms with Crippen molar-refractivity contribution >= 4 is 29.1 Å². The summed E-state index contributed by atoms with van der Waals surface area (Å²) in [5.74, 6) is -0.253. The summed E-state index contributed by atoms with van der Waals surface area (Å²) in [5, 5.41) is 2.79. The molecule has 0 aliphatic heterocycles. The van der Waals surface area contributed by atoms with E-state index < -0.39 is 0 Å². The van der Waals surface area contributed by atoms with Crippen LogP contribution in [0.15, 0.2) is 95.9 Å². The lowest BCUT2D eigenvalue weighted by Gasteiger charge is -2.07. The van der Waals surface area contributed by atoms with Crippen LogP contribution in [0.3, 0.4) is 0 Å². The molecule has 0 radical (unpaired) electrons. The van der Waals surface area contributed by atoms with Crippen LogP contribution < -0.4 is 5.32 Å². The second-order valence-corrected chi connectivity index (χ2v) is 8.95. The molecule has 0 fully saturated rings. The summed E-state index contributed by atoms with van der Waals surface area (Å²) >= 11 is 1.47. The number of anilines is 1. The molecule has 0 bridgehead atoms. The van der Waals surface area contributed by atoms with Crippen molar-refractivity contribution in [2.45, 2.75) is 11.3 Å². The smallest absolute Gasteiger partial charge is 0.255 e. The van der Waals surface area contributed by atoms with Crippen molar-refractivity contribution in [2.24, 2.45) is 0 Å². The molecule has 0 heterocycles. The lowest BCUT2D eigenvalue weighted by atomic mass is 10.0. The van der Waals surface area contributed by atoms with E-state index in [0.717, 1.165) is 16.9 Å². The number of nitrogens with one attached hydrogen (secondary N) is 1. The first-order valence-electron chi connectivity index (χ1n) is 10.6. The van der Waals surface area contributed by atoms with Crippen LogP contribution >= 0.6 is 11.8 Å². The molecule has 162 valence electrons. The standard InChI is InChI=1S/C28H20FNO2S/c29-22-8-5-18(6-9-22)28(32)30-23-10-12-24(13-11-23)33-17-27(31)20-7-14-26-21(16-20)15-19-3-1-2-4-25(19)26/h1-14,16H,15,17H2,(H,30,32). The highest BCUT2D eigenvalue weighted by Gasteiger charge is 2.19. The van der Waals surface area contributed by atoms with E-state index in [1.807, 2.05) is 36.4 Å². The molecule has 33 heavy (non-hydrogen) atoms. The molecule has 0 aromatic heterocycles. The van der Waals surface area contributed by atoms with E-state index in [9.17, 15) is 14.0 Å². The fraction of sp³-hybridized carbons (Fsp3) is 0.0714. The molecule has 0 saturated heterocycles. The zero-order chi connectivity index (χ0) is 22.8. The molecule has 1 aliphatic rings. The summed E-state index contributed by atoms with van der Waals surface area (Å²) in [6.45, 7) is 0. The maximum absolute atomic E-state index is 13.0. The monoisotopic (exact) mass is 453 g/mol. The molecular weight excluding hydrogens is 433 g/mol. The summed E-state index contributed by atoms with van der Waals surface area (Å²) in [5.41, 5.74) is 6.74. The van der Waals surface area contributed by atoms with Crippen LogP contribution in [-0.4, -0.2) is 17.4 Å². The normalized spacial score (nSPS) is 11.5. The van der Waals surface area contributed by atoms with Crippen molar-refractivity contribution in [3.8, 4) is 11.1 Å². The molecule has 1 aliphatic carbocycles. The minimum absolute atomic E-state index is 0.0902. The Morgan fingerprint density at radius 1 is 0.788 bits per heavy atom. The van der Waals surface area contributed by atoms with Crippen molar-refractivity contribution in [3.63, 3.8) is 0 Å². The van der Waals surface area contributed by atoms with E-state index in [4.69, 9.17) is 0 Å². The van der Waals surface area contributed by atoms with Crippen LogP contribution in [0, 0.1) is 5.82 Å². The van der Waals surface area contributed by atoms with Gasteiger partial charge in [0.15, 0.2) is 5.78 Å². The Balaban J connectivity index is 1.19. The Bertz CT molecular complexity index is 1350. The van der Waals surface area contributed by atoms with E-state index in [1.54, 1.807) is 12.1 Å². The van der Waals surface area contributed by atoms with Gasteiger partial charge in [-0.3, -0.25) is 9.59 Å². The maximum Gasteiger partial charge on any atom is 0.255 e. The molecule has 1 amide bonds. The third-order valence-electron chi connectivity index (χ3n) is 5.70. The van der Waals surface area contributed by atoms with Gasteiger partial charge in [-0.2, -0.15) is 0 Å². The number of carbonyl (C=O) groups excluding carboxylic acids is 2. The van der Waals surface area contributed by atoms with Gasteiger partial charge in [-0.25, -0.2) is 4.39 Å². The number of hydrogen-bond donors (Lipinski definition) is 1. The van der Waals surface area contributed by atoms with Crippen LogP contribution in [0.2, 0.25) is 0 Å². The SMILES string of the molecule is O=C(CSc1ccc(NC(=O)c2ccc(F)cc2)cc1)c1ccc2c(c1)Cc1ccccc1-2. The van der Waals surface area contributed by atoms with Gasteiger partial charge in [-0.1, -0.05) is 36.4 Å². The molecule has 4 aromatic carbocycles. The summed E-state index contributed by atoms with van der Waals surface area (Å²) in [4.78, 5) is 26.0. The number of halogens is 1. The molecule has 0 saturated carbocycles. The van der Waals surface area contributed by atoms with Crippen molar-refractivity contribution in [1.29, 1.82) is 0 Å². The van der Waals surface area contributed by atoms with E-state index in [2.05, 4.69) is 23.5 Å². The van der Waals surface area contributed by atoms with E-state index in [1.165, 1.54) is 58.3 Å². The predicted molar refractivity (Wildman–Crippen MR) is 131 cm³/mol.